The van der Waals surface area contributed by atoms with Gasteiger partial charge in [-0.25, -0.2) is 0 Å². The van der Waals surface area contributed by atoms with Crippen LogP contribution in [0.3, 0.4) is 0 Å². The third kappa shape index (κ3) is 1.86. The average molecular weight is 199 g/mol. The molecular formula is C8H13N3OS. The van der Waals surface area contributed by atoms with E-state index in [1.165, 1.54) is 5.75 Å². The van der Waals surface area contributed by atoms with Crippen molar-refractivity contribution in [3.63, 3.8) is 0 Å². The molecule has 0 aliphatic carbocycles. The molecule has 2 rings (SSSR count). The van der Waals surface area contributed by atoms with Gasteiger partial charge in [0.2, 0.25) is 5.91 Å². The Morgan fingerprint density at radius 1 is 1.69 bits per heavy atom. The highest BCUT2D eigenvalue weighted by Crippen LogP contribution is 2.16. The van der Waals surface area contributed by atoms with E-state index >= 15 is 0 Å². The van der Waals surface area contributed by atoms with E-state index in [1.807, 2.05) is 11.8 Å². The van der Waals surface area contributed by atoms with Crippen molar-refractivity contribution in [1.29, 1.82) is 0 Å². The zero-order valence-corrected chi connectivity index (χ0v) is 8.43. The third-order valence-corrected chi connectivity index (χ3v) is 3.39. The van der Waals surface area contributed by atoms with Gasteiger partial charge in [-0.2, -0.15) is 11.8 Å². The van der Waals surface area contributed by atoms with Crippen molar-refractivity contribution in [2.75, 3.05) is 31.6 Å². The molecule has 0 spiro atoms. The summed E-state index contributed by atoms with van der Waals surface area (Å²) in [6.07, 6.45) is 0. The summed E-state index contributed by atoms with van der Waals surface area (Å²) in [6, 6.07) is 0.310. The maximum Gasteiger partial charge on any atom is 0.247 e. The van der Waals surface area contributed by atoms with Gasteiger partial charge in [0, 0.05) is 18.1 Å². The van der Waals surface area contributed by atoms with E-state index in [1.54, 1.807) is 0 Å². The minimum absolute atomic E-state index is 0.0268. The van der Waals surface area contributed by atoms with E-state index in [4.69, 9.17) is 0 Å². The van der Waals surface area contributed by atoms with Crippen molar-refractivity contribution >= 4 is 23.5 Å². The van der Waals surface area contributed by atoms with Crippen molar-refractivity contribution in [1.82, 2.24) is 10.2 Å². The molecule has 2 aliphatic heterocycles. The molecule has 72 valence electrons. The second-order valence-corrected chi connectivity index (χ2v) is 4.47. The number of nitrogens with zero attached hydrogens (tertiary/aromatic N) is 2. The van der Waals surface area contributed by atoms with E-state index in [2.05, 4.69) is 22.3 Å². The van der Waals surface area contributed by atoms with Gasteiger partial charge in [0.05, 0.1) is 6.04 Å². The smallest absolute Gasteiger partial charge is 0.247 e. The lowest BCUT2D eigenvalue weighted by atomic mass is 10.2. The Labute approximate surface area is 81.8 Å². The molecular weight excluding hydrogens is 186 g/mol. The van der Waals surface area contributed by atoms with Gasteiger partial charge in [-0.1, -0.05) is 0 Å². The van der Waals surface area contributed by atoms with Gasteiger partial charge in [-0.15, -0.1) is 0 Å². The normalized spacial score (nSPS) is 30.1. The lowest BCUT2D eigenvalue weighted by molar-refractivity contribution is -0.117. The van der Waals surface area contributed by atoms with Crippen LogP contribution in [0.1, 0.15) is 0 Å². The number of amides is 1. The number of aliphatic imine (C=N–C) groups is 1. The molecule has 0 radical (unpaired) electrons. The van der Waals surface area contributed by atoms with Crippen LogP contribution in [0.5, 0.6) is 0 Å². The van der Waals surface area contributed by atoms with E-state index in [0.717, 1.165) is 18.1 Å². The van der Waals surface area contributed by atoms with Gasteiger partial charge >= 0.3 is 0 Å². The lowest BCUT2D eigenvalue weighted by Gasteiger charge is -2.31. The summed E-state index contributed by atoms with van der Waals surface area (Å²) < 4.78 is 0. The Hall–Kier alpha value is -0.550. The molecule has 2 aliphatic rings. The number of carbonyl (C=O) groups excluding carboxylic acids is 1. The first-order chi connectivity index (χ1) is 6.27. The van der Waals surface area contributed by atoms with E-state index in [-0.39, 0.29) is 5.91 Å². The van der Waals surface area contributed by atoms with Crippen molar-refractivity contribution in [3.05, 3.63) is 0 Å². The molecule has 2 heterocycles. The highest BCUT2D eigenvalue weighted by atomic mass is 32.2. The monoisotopic (exact) mass is 199 g/mol. The lowest BCUT2D eigenvalue weighted by Crippen LogP contribution is -2.49. The van der Waals surface area contributed by atoms with Crippen LogP contribution >= 0.6 is 11.8 Å². The summed E-state index contributed by atoms with van der Waals surface area (Å²) in [6.45, 7) is 1.38. The Balaban J connectivity index is 2.02. The van der Waals surface area contributed by atoms with E-state index < -0.39 is 0 Å². The second-order valence-electron chi connectivity index (χ2n) is 3.32. The highest BCUT2D eigenvalue weighted by molar-refractivity contribution is 7.99. The number of amidine groups is 1. The fraction of sp³-hybridized carbons (Fsp3) is 0.750. The molecule has 13 heavy (non-hydrogen) atoms. The van der Waals surface area contributed by atoms with E-state index in [0.29, 0.717) is 12.6 Å². The molecule has 1 N–H and O–H groups in total. The number of thioether (sulfide) groups is 1. The molecule has 0 aromatic heterocycles. The van der Waals surface area contributed by atoms with Crippen LogP contribution in [0.2, 0.25) is 0 Å². The first-order valence-corrected chi connectivity index (χ1v) is 5.55. The third-order valence-electron chi connectivity index (χ3n) is 2.37. The molecule has 4 nitrogen and oxygen atoms in total. The second kappa shape index (κ2) is 3.67. The molecule has 0 bridgehead atoms. The number of nitrogens with one attached hydrogen (secondary N) is 1. The molecule has 1 fully saturated rings. The largest absolute Gasteiger partial charge is 0.312 e. The fourth-order valence-electron chi connectivity index (χ4n) is 1.54. The first kappa shape index (κ1) is 9.02. The number of hydrogen-bond acceptors (Lipinski definition) is 4. The van der Waals surface area contributed by atoms with Crippen LogP contribution in [-0.4, -0.2) is 54.3 Å². The van der Waals surface area contributed by atoms with Crippen LogP contribution < -0.4 is 5.32 Å². The zero-order chi connectivity index (χ0) is 9.26. The Bertz CT molecular complexity index is 254. The first-order valence-electron chi connectivity index (χ1n) is 4.39. The van der Waals surface area contributed by atoms with Gasteiger partial charge in [0.1, 0.15) is 12.4 Å². The quantitative estimate of drug-likeness (QED) is 0.623. The molecule has 5 heteroatoms. The SMILES string of the molecule is CN1CCSCC1C1=NCC(=O)N1. The molecule has 1 amide bonds. The summed E-state index contributed by atoms with van der Waals surface area (Å²) in [5.74, 6) is 3.10. The maximum atomic E-state index is 11.0. The standard InChI is InChI=1S/C8H13N3OS/c1-11-2-3-13-5-6(11)8-9-4-7(12)10-8/h6H,2-5H2,1H3,(H,9,10,12). The summed E-state index contributed by atoms with van der Waals surface area (Å²) in [5.41, 5.74) is 0. The minimum atomic E-state index is 0.0268. The van der Waals surface area contributed by atoms with Gasteiger partial charge in [0.15, 0.2) is 0 Å². The Morgan fingerprint density at radius 2 is 2.54 bits per heavy atom. The number of rotatable bonds is 1. The van der Waals surface area contributed by atoms with Gasteiger partial charge < -0.3 is 5.32 Å². The van der Waals surface area contributed by atoms with Crippen LogP contribution in [0.4, 0.5) is 0 Å². The predicted molar refractivity (Wildman–Crippen MR) is 54.2 cm³/mol. The van der Waals surface area contributed by atoms with Crippen LogP contribution in [0.25, 0.3) is 0 Å². The number of carbonyl (C=O) groups is 1. The zero-order valence-electron chi connectivity index (χ0n) is 7.62. The maximum absolute atomic E-state index is 11.0. The van der Waals surface area contributed by atoms with Gasteiger partial charge in [-0.05, 0) is 7.05 Å². The van der Waals surface area contributed by atoms with Crippen LogP contribution in [0, 0.1) is 0 Å². The van der Waals surface area contributed by atoms with Crippen molar-refractivity contribution in [2.45, 2.75) is 6.04 Å². The summed E-state index contributed by atoms with van der Waals surface area (Å²) in [4.78, 5) is 17.4. The molecule has 0 aromatic rings. The summed E-state index contributed by atoms with van der Waals surface area (Å²) in [7, 11) is 2.08. The van der Waals surface area contributed by atoms with Crippen molar-refractivity contribution in [3.8, 4) is 0 Å². The Morgan fingerprint density at radius 3 is 3.15 bits per heavy atom. The molecule has 1 unspecified atom stereocenters. The topological polar surface area (TPSA) is 44.7 Å². The van der Waals surface area contributed by atoms with Crippen molar-refractivity contribution in [2.24, 2.45) is 4.99 Å². The predicted octanol–water partition coefficient (Wildman–Crippen LogP) is -0.438. The number of hydrogen-bond donors (Lipinski definition) is 1. The van der Waals surface area contributed by atoms with Crippen LogP contribution in [0.15, 0.2) is 4.99 Å². The summed E-state index contributed by atoms with van der Waals surface area (Å²) >= 11 is 1.92. The molecule has 1 saturated heterocycles. The fourth-order valence-corrected chi connectivity index (χ4v) is 2.76. The molecule has 0 saturated carbocycles. The van der Waals surface area contributed by atoms with E-state index in [9.17, 15) is 4.79 Å². The van der Waals surface area contributed by atoms with Gasteiger partial charge in [0.25, 0.3) is 0 Å². The minimum Gasteiger partial charge on any atom is -0.312 e. The Kier molecular flexibility index (Phi) is 2.55. The highest BCUT2D eigenvalue weighted by Gasteiger charge is 2.28. The summed E-state index contributed by atoms with van der Waals surface area (Å²) in [5, 5.41) is 2.81. The molecule has 1 atom stereocenters. The van der Waals surface area contributed by atoms with Crippen LogP contribution in [-0.2, 0) is 4.79 Å². The average Bonchev–Trinajstić information content (AvgIpc) is 2.53. The van der Waals surface area contributed by atoms with Crippen molar-refractivity contribution < 1.29 is 4.79 Å². The number of likely N-dealkylation sites (N-methyl/N-ethyl adjacent to an activating group) is 1. The molecule has 0 aromatic carbocycles. The van der Waals surface area contributed by atoms with Gasteiger partial charge in [-0.3, -0.25) is 14.7 Å².